The van der Waals surface area contributed by atoms with E-state index < -0.39 is 0 Å². The first-order valence-electron chi connectivity index (χ1n) is 3.38. The van der Waals surface area contributed by atoms with E-state index in [-0.39, 0.29) is 5.78 Å². The van der Waals surface area contributed by atoms with Crippen LogP contribution in [0.4, 0.5) is 11.4 Å². The molecule has 0 fully saturated rings. The SMILES string of the molecule is CC(=O)c1c(N)ccc(I)c1N. The third kappa shape index (κ3) is 1.52. The van der Waals surface area contributed by atoms with Crippen LogP contribution in [0.1, 0.15) is 17.3 Å². The zero-order valence-electron chi connectivity index (χ0n) is 6.60. The molecule has 0 aliphatic rings. The van der Waals surface area contributed by atoms with Crippen LogP contribution in [-0.2, 0) is 0 Å². The Kier molecular flexibility index (Phi) is 2.56. The number of benzene rings is 1. The molecule has 0 spiro atoms. The van der Waals surface area contributed by atoms with E-state index in [0.29, 0.717) is 16.9 Å². The molecule has 0 bridgehead atoms. The molecule has 0 aliphatic heterocycles. The van der Waals surface area contributed by atoms with Crippen molar-refractivity contribution in [1.82, 2.24) is 0 Å². The summed E-state index contributed by atoms with van der Waals surface area (Å²) < 4.78 is 0.854. The number of carbonyl (C=O) groups excluding carboxylic acids is 1. The lowest BCUT2D eigenvalue weighted by Gasteiger charge is -2.06. The molecule has 0 atom stereocenters. The van der Waals surface area contributed by atoms with E-state index in [0.717, 1.165) is 3.57 Å². The topological polar surface area (TPSA) is 69.1 Å². The molecule has 0 radical (unpaired) electrons. The first kappa shape index (κ1) is 9.31. The molecular weight excluding hydrogens is 267 g/mol. The lowest BCUT2D eigenvalue weighted by atomic mass is 10.1. The maximum Gasteiger partial charge on any atom is 0.163 e. The van der Waals surface area contributed by atoms with Crippen molar-refractivity contribution in [2.75, 3.05) is 11.5 Å². The number of carbonyl (C=O) groups is 1. The Morgan fingerprint density at radius 3 is 2.42 bits per heavy atom. The molecule has 1 aromatic rings. The van der Waals surface area contributed by atoms with Crippen LogP contribution >= 0.6 is 22.6 Å². The fourth-order valence-electron chi connectivity index (χ4n) is 1.00. The normalized spacial score (nSPS) is 9.83. The highest BCUT2D eigenvalue weighted by atomic mass is 127. The highest BCUT2D eigenvalue weighted by Crippen LogP contribution is 2.25. The Labute approximate surface area is 84.3 Å². The lowest BCUT2D eigenvalue weighted by Crippen LogP contribution is -2.06. The first-order valence-corrected chi connectivity index (χ1v) is 4.46. The van der Waals surface area contributed by atoms with Gasteiger partial charge in [0.05, 0.1) is 11.3 Å². The second kappa shape index (κ2) is 3.30. The third-order valence-electron chi connectivity index (χ3n) is 1.58. The average molecular weight is 276 g/mol. The van der Waals surface area contributed by atoms with Crippen LogP contribution in [0.2, 0.25) is 0 Å². The standard InChI is InChI=1S/C8H9IN2O/c1-4(12)7-6(10)3-2-5(9)8(7)11/h2-3H,10-11H2,1H3. The molecule has 1 aromatic carbocycles. The maximum absolute atomic E-state index is 11.1. The Balaban J connectivity index is 3.43. The number of halogens is 1. The molecule has 0 heterocycles. The summed E-state index contributed by atoms with van der Waals surface area (Å²) in [6.07, 6.45) is 0. The predicted octanol–water partition coefficient (Wildman–Crippen LogP) is 1.66. The van der Waals surface area contributed by atoms with E-state index in [1.165, 1.54) is 6.92 Å². The van der Waals surface area contributed by atoms with Crippen LogP contribution in [0.5, 0.6) is 0 Å². The van der Waals surface area contributed by atoms with Crippen molar-refractivity contribution < 1.29 is 4.79 Å². The average Bonchev–Trinajstić information content (AvgIpc) is 1.97. The van der Waals surface area contributed by atoms with Gasteiger partial charge in [-0.3, -0.25) is 4.79 Å². The Hall–Kier alpha value is -0.780. The van der Waals surface area contributed by atoms with Crippen LogP contribution < -0.4 is 11.5 Å². The Bertz CT molecular complexity index is 336. The van der Waals surface area contributed by atoms with Gasteiger partial charge in [-0.1, -0.05) is 0 Å². The smallest absolute Gasteiger partial charge is 0.163 e. The van der Waals surface area contributed by atoms with Crippen molar-refractivity contribution >= 4 is 39.7 Å². The fourth-order valence-corrected chi connectivity index (χ4v) is 1.45. The summed E-state index contributed by atoms with van der Waals surface area (Å²) in [7, 11) is 0. The number of anilines is 2. The van der Waals surface area contributed by atoms with Gasteiger partial charge in [0.25, 0.3) is 0 Å². The van der Waals surface area contributed by atoms with Crippen LogP contribution in [-0.4, -0.2) is 5.78 Å². The largest absolute Gasteiger partial charge is 0.398 e. The molecule has 0 unspecified atom stereocenters. The van der Waals surface area contributed by atoms with E-state index in [2.05, 4.69) is 22.6 Å². The minimum Gasteiger partial charge on any atom is -0.398 e. The Morgan fingerprint density at radius 2 is 2.00 bits per heavy atom. The number of ketones is 1. The van der Waals surface area contributed by atoms with Gasteiger partial charge in [0.15, 0.2) is 5.78 Å². The minimum atomic E-state index is -0.0940. The molecule has 0 saturated heterocycles. The molecule has 12 heavy (non-hydrogen) atoms. The van der Waals surface area contributed by atoms with Gasteiger partial charge in [-0.05, 0) is 41.6 Å². The third-order valence-corrected chi connectivity index (χ3v) is 2.52. The van der Waals surface area contributed by atoms with E-state index in [1.54, 1.807) is 12.1 Å². The van der Waals surface area contributed by atoms with Gasteiger partial charge >= 0.3 is 0 Å². The maximum atomic E-state index is 11.1. The molecule has 3 nitrogen and oxygen atoms in total. The van der Waals surface area contributed by atoms with Crippen molar-refractivity contribution in [2.24, 2.45) is 0 Å². The van der Waals surface area contributed by atoms with Gasteiger partial charge in [-0.15, -0.1) is 0 Å². The summed E-state index contributed by atoms with van der Waals surface area (Å²) in [5.74, 6) is -0.0940. The van der Waals surface area contributed by atoms with Gasteiger partial charge in [0, 0.05) is 9.26 Å². The molecule has 0 amide bonds. The van der Waals surface area contributed by atoms with Crippen LogP contribution in [0.25, 0.3) is 0 Å². The molecule has 64 valence electrons. The zero-order chi connectivity index (χ0) is 9.30. The van der Waals surface area contributed by atoms with E-state index in [1.807, 2.05) is 0 Å². The lowest BCUT2D eigenvalue weighted by molar-refractivity contribution is 0.101. The summed E-state index contributed by atoms with van der Waals surface area (Å²) in [5, 5.41) is 0. The van der Waals surface area contributed by atoms with Crippen LogP contribution in [0.15, 0.2) is 12.1 Å². The molecule has 0 aromatic heterocycles. The predicted molar refractivity (Wildman–Crippen MR) is 58.0 cm³/mol. The van der Waals surface area contributed by atoms with Gasteiger partial charge in [-0.25, -0.2) is 0 Å². The number of nitrogen functional groups attached to an aromatic ring is 2. The van der Waals surface area contributed by atoms with E-state index in [9.17, 15) is 4.79 Å². The number of nitrogens with two attached hydrogens (primary N) is 2. The van der Waals surface area contributed by atoms with Crippen molar-refractivity contribution in [2.45, 2.75) is 6.92 Å². The highest BCUT2D eigenvalue weighted by molar-refractivity contribution is 14.1. The summed E-state index contributed by atoms with van der Waals surface area (Å²) in [6, 6.07) is 3.48. The van der Waals surface area contributed by atoms with Gasteiger partial charge in [-0.2, -0.15) is 0 Å². The zero-order valence-corrected chi connectivity index (χ0v) is 8.75. The molecular formula is C8H9IN2O. The second-order valence-corrected chi connectivity index (χ2v) is 3.64. The Morgan fingerprint density at radius 1 is 1.42 bits per heavy atom. The highest BCUT2D eigenvalue weighted by Gasteiger charge is 2.10. The monoisotopic (exact) mass is 276 g/mol. The quantitative estimate of drug-likeness (QED) is 0.465. The fraction of sp³-hybridized carbons (Fsp3) is 0.125. The number of Topliss-reactive ketones (excluding diaryl/α,β-unsaturated/α-hetero) is 1. The van der Waals surface area contributed by atoms with Gasteiger partial charge in [0.1, 0.15) is 0 Å². The van der Waals surface area contributed by atoms with Crippen molar-refractivity contribution in [3.63, 3.8) is 0 Å². The molecule has 4 heteroatoms. The van der Waals surface area contributed by atoms with Gasteiger partial charge < -0.3 is 11.5 Å². The number of rotatable bonds is 1. The summed E-state index contributed by atoms with van der Waals surface area (Å²) in [5.41, 5.74) is 12.6. The molecule has 0 aliphatic carbocycles. The molecule has 1 rings (SSSR count). The van der Waals surface area contributed by atoms with Crippen molar-refractivity contribution in [1.29, 1.82) is 0 Å². The number of hydrogen-bond donors (Lipinski definition) is 2. The first-order chi connectivity index (χ1) is 5.54. The second-order valence-electron chi connectivity index (χ2n) is 2.48. The molecule has 4 N–H and O–H groups in total. The van der Waals surface area contributed by atoms with Crippen LogP contribution in [0, 0.1) is 3.57 Å². The van der Waals surface area contributed by atoms with Gasteiger partial charge in [0.2, 0.25) is 0 Å². The van der Waals surface area contributed by atoms with Crippen LogP contribution in [0.3, 0.4) is 0 Å². The number of hydrogen-bond acceptors (Lipinski definition) is 3. The summed E-state index contributed by atoms with van der Waals surface area (Å²) >= 11 is 2.07. The van der Waals surface area contributed by atoms with E-state index >= 15 is 0 Å². The molecule has 0 saturated carbocycles. The minimum absolute atomic E-state index is 0.0940. The summed E-state index contributed by atoms with van der Waals surface area (Å²) in [6.45, 7) is 1.46. The van der Waals surface area contributed by atoms with Crippen molar-refractivity contribution in [3.8, 4) is 0 Å². The van der Waals surface area contributed by atoms with E-state index in [4.69, 9.17) is 11.5 Å². The summed E-state index contributed by atoms with van der Waals surface area (Å²) in [4.78, 5) is 11.1. The van der Waals surface area contributed by atoms with Crippen molar-refractivity contribution in [3.05, 3.63) is 21.3 Å².